The molecular weight excluding hydrogens is 417 g/mol. The van der Waals surface area contributed by atoms with Gasteiger partial charge in [0, 0.05) is 17.4 Å². The van der Waals surface area contributed by atoms with Crippen LogP contribution in [0.2, 0.25) is 0 Å². The number of cyclic esters (lactones) is 1. The molecule has 0 aliphatic carbocycles. The first kappa shape index (κ1) is 19.4. The highest BCUT2D eigenvalue weighted by molar-refractivity contribution is 9.10. The van der Waals surface area contributed by atoms with E-state index in [4.69, 9.17) is 4.74 Å². The van der Waals surface area contributed by atoms with Crippen molar-refractivity contribution in [1.82, 2.24) is 4.90 Å². The Kier molecular flexibility index (Phi) is 5.51. The molecule has 2 aromatic rings. The van der Waals surface area contributed by atoms with Gasteiger partial charge in [0.1, 0.15) is 5.82 Å². The van der Waals surface area contributed by atoms with Crippen LogP contribution >= 0.6 is 15.9 Å². The monoisotopic (exact) mass is 435 g/mol. The van der Waals surface area contributed by atoms with Gasteiger partial charge in [-0.3, -0.25) is 4.79 Å². The highest BCUT2D eigenvalue weighted by Gasteiger charge is 2.45. The molecule has 0 radical (unpaired) electrons. The third-order valence-corrected chi connectivity index (χ3v) is 5.43. The van der Waals surface area contributed by atoms with E-state index in [-0.39, 0.29) is 12.5 Å². The van der Waals surface area contributed by atoms with Crippen LogP contribution in [-0.2, 0) is 15.1 Å². The number of hydrogen-bond acceptors (Lipinski definition) is 3. The van der Waals surface area contributed by atoms with Crippen molar-refractivity contribution in [2.24, 2.45) is 0 Å². The van der Waals surface area contributed by atoms with E-state index in [1.165, 1.54) is 24.3 Å². The van der Waals surface area contributed by atoms with E-state index in [1.807, 2.05) is 31.2 Å². The average Bonchev–Trinajstić information content (AvgIpc) is 2.62. The van der Waals surface area contributed by atoms with Gasteiger partial charge in [-0.2, -0.15) is 0 Å². The summed E-state index contributed by atoms with van der Waals surface area (Å²) in [5.74, 6) is -1.52. The molecule has 1 saturated heterocycles. The molecule has 27 heavy (non-hydrogen) atoms. The molecule has 7 heteroatoms. The van der Waals surface area contributed by atoms with Gasteiger partial charge in [-0.25, -0.2) is 9.18 Å². The van der Waals surface area contributed by atoms with Gasteiger partial charge in [0.25, 0.3) is 0 Å². The minimum atomic E-state index is -1.30. The van der Waals surface area contributed by atoms with Crippen LogP contribution in [0.25, 0.3) is 0 Å². The molecule has 0 bridgehead atoms. The minimum Gasteiger partial charge on any atom is -0.481 e. The molecule has 1 fully saturated rings. The van der Waals surface area contributed by atoms with Gasteiger partial charge >= 0.3 is 12.1 Å². The minimum absolute atomic E-state index is 0.221. The molecule has 0 saturated carbocycles. The smallest absolute Gasteiger partial charge is 0.411 e. The summed E-state index contributed by atoms with van der Waals surface area (Å²) in [7, 11) is 0. The topological polar surface area (TPSA) is 66.8 Å². The van der Waals surface area contributed by atoms with Crippen LogP contribution in [0.1, 0.15) is 36.9 Å². The zero-order valence-corrected chi connectivity index (χ0v) is 16.3. The van der Waals surface area contributed by atoms with E-state index in [0.717, 1.165) is 10.0 Å². The van der Waals surface area contributed by atoms with Crippen molar-refractivity contribution in [3.63, 3.8) is 0 Å². The van der Waals surface area contributed by atoms with Crippen LogP contribution < -0.4 is 0 Å². The third kappa shape index (κ3) is 4.13. The molecule has 1 aliphatic rings. The summed E-state index contributed by atoms with van der Waals surface area (Å²) >= 11 is 3.38. The molecule has 2 atom stereocenters. The molecule has 1 N–H and O–H groups in total. The summed E-state index contributed by atoms with van der Waals surface area (Å²) in [4.78, 5) is 25.7. The molecule has 3 rings (SSSR count). The molecule has 1 aliphatic heterocycles. The number of ether oxygens (including phenoxy) is 1. The van der Waals surface area contributed by atoms with Crippen molar-refractivity contribution in [2.45, 2.75) is 31.4 Å². The fourth-order valence-electron chi connectivity index (χ4n) is 3.37. The Hall–Kier alpha value is -2.41. The van der Waals surface area contributed by atoms with Crippen LogP contribution in [0.15, 0.2) is 53.0 Å². The maximum Gasteiger partial charge on any atom is 0.411 e. The van der Waals surface area contributed by atoms with Crippen LogP contribution in [0.5, 0.6) is 0 Å². The normalized spacial score (nSPS) is 20.9. The van der Waals surface area contributed by atoms with Gasteiger partial charge in [0.05, 0.1) is 12.5 Å². The van der Waals surface area contributed by atoms with E-state index in [1.54, 1.807) is 4.90 Å². The second-order valence-electron chi connectivity index (χ2n) is 6.61. The van der Waals surface area contributed by atoms with Crippen LogP contribution in [0, 0.1) is 5.82 Å². The van der Waals surface area contributed by atoms with Gasteiger partial charge in [0.15, 0.2) is 5.60 Å². The number of halogens is 2. The van der Waals surface area contributed by atoms with Gasteiger partial charge in [-0.05, 0) is 42.3 Å². The zero-order valence-electron chi connectivity index (χ0n) is 14.7. The molecular formula is C20H19BrFNO4. The predicted molar refractivity (Wildman–Crippen MR) is 101 cm³/mol. The first-order chi connectivity index (χ1) is 12.8. The Morgan fingerprint density at radius 3 is 2.44 bits per heavy atom. The molecule has 1 unspecified atom stereocenters. The first-order valence-corrected chi connectivity index (χ1v) is 9.33. The highest BCUT2D eigenvalue weighted by atomic mass is 79.9. The summed E-state index contributed by atoms with van der Waals surface area (Å²) < 4.78 is 19.9. The Bertz CT molecular complexity index is 840. The number of carboxylic acids is 1. The van der Waals surface area contributed by atoms with Crippen molar-refractivity contribution in [3.05, 3.63) is 69.9 Å². The van der Waals surface area contributed by atoms with Crippen LogP contribution in [0.4, 0.5) is 9.18 Å². The Morgan fingerprint density at radius 2 is 1.89 bits per heavy atom. The summed E-state index contributed by atoms with van der Waals surface area (Å²) in [5.41, 5.74) is 0.130. The van der Waals surface area contributed by atoms with Gasteiger partial charge in [-0.1, -0.05) is 40.2 Å². The number of amides is 1. The van der Waals surface area contributed by atoms with Crippen molar-refractivity contribution >= 4 is 28.0 Å². The quantitative estimate of drug-likeness (QED) is 0.727. The second kappa shape index (κ2) is 7.68. The number of benzene rings is 2. The van der Waals surface area contributed by atoms with Gasteiger partial charge in [-0.15, -0.1) is 0 Å². The maximum atomic E-state index is 13.3. The average molecular weight is 436 g/mol. The Balaban J connectivity index is 1.85. The fourth-order valence-corrected chi connectivity index (χ4v) is 3.63. The first-order valence-electron chi connectivity index (χ1n) is 8.54. The number of carboxylic acid groups (broad SMARTS) is 1. The molecule has 5 nitrogen and oxygen atoms in total. The second-order valence-corrected chi connectivity index (χ2v) is 7.53. The zero-order chi connectivity index (χ0) is 19.6. The van der Waals surface area contributed by atoms with E-state index in [9.17, 15) is 19.1 Å². The van der Waals surface area contributed by atoms with Crippen LogP contribution in [0.3, 0.4) is 0 Å². The lowest BCUT2D eigenvalue weighted by molar-refractivity contribution is -0.146. The summed E-state index contributed by atoms with van der Waals surface area (Å²) in [6.07, 6.45) is -0.648. The standard InChI is InChI=1S/C20H19BrFNO4/c1-13(14-2-6-16(21)7-3-14)23-11-10-20(12-18(24)25,27-19(23)26)15-4-8-17(22)9-5-15/h2-9,13H,10-12H2,1H3,(H,24,25)/t13-,20?/m0/s1. The summed E-state index contributed by atoms with van der Waals surface area (Å²) in [6, 6.07) is 12.8. The number of carbonyl (C=O) groups excluding carboxylic acids is 1. The lowest BCUT2D eigenvalue weighted by Crippen LogP contribution is -2.49. The van der Waals surface area contributed by atoms with E-state index >= 15 is 0 Å². The van der Waals surface area contributed by atoms with Crippen molar-refractivity contribution in [2.75, 3.05) is 6.54 Å². The molecule has 2 aromatic carbocycles. The van der Waals surface area contributed by atoms with Crippen molar-refractivity contribution in [1.29, 1.82) is 0 Å². The molecule has 0 spiro atoms. The van der Waals surface area contributed by atoms with E-state index < -0.39 is 23.5 Å². The number of carbonyl (C=O) groups is 2. The maximum absolute atomic E-state index is 13.3. The lowest BCUT2D eigenvalue weighted by atomic mass is 9.85. The van der Waals surface area contributed by atoms with Crippen LogP contribution in [-0.4, -0.2) is 28.6 Å². The molecule has 1 heterocycles. The lowest BCUT2D eigenvalue weighted by Gasteiger charge is -2.42. The molecule has 0 aromatic heterocycles. The van der Waals surface area contributed by atoms with Gasteiger partial charge in [0.2, 0.25) is 0 Å². The fraction of sp³-hybridized carbons (Fsp3) is 0.300. The number of nitrogens with zero attached hydrogens (tertiary/aromatic N) is 1. The van der Waals surface area contributed by atoms with Gasteiger partial charge < -0.3 is 14.7 Å². The number of aliphatic carboxylic acids is 1. The largest absolute Gasteiger partial charge is 0.481 e. The summed E-state index contributed by atoms with van der Waals surface area (Å²) in [6.45, 7) is 2.23. The van der Waals surface area contributed by atoms with Crippen molar-refractivity contribution in [3.8, 4) is 0 Å². The summed E-state index contributed by atoms with van der Waals surface area (Å²) in [5, 5.41) is 9.33. The SMILES string of the molecule is C[C@@H](c1ccc(Br)cc1)N1CCC(CC(=O)O)(c2ccc(F)cc2)OC1=O. The molecule has 1 amide bonds. The van der Waals surface area contributed by atoms with E-state index in [0.29, 0.717) is 18.5 Å². The number of hydrogen-bond donors (Lipinski definition) is 1. The number of rotatable bonds is 5. The third-order valence-electron chi connectivity index (χ3n) is 4.90. The predicted octanol–water partition coefficient (Wildman–Crippen LogP) is 4.86. The van der Waals surface area contributed by atoms with E-state index in [2.05, 4.69) is 15.9 Å². The Morgan fingerprint density at radius 1 is 1.26 bits per heavy atom. The Labute approximate surface area is 164 Å². The van der Waals surface area contributed by atoms with Crippen molar-refractivity contribution < 1.29 is 23.8 Å². The molecule has 142 valence electrons. The highest BCUT2D eigenvalue weighted by Crippen LogP contribution is 2.39.